The molecule has 0 amide bonds. The van der Waals surface area contributed by atoms with Crippen LogP contribution in [0.1, 0.15) is 16.0 Å². The molecule has 3 rings (SSSR count). The van der Waals surface area contributed by atoms with Crippen LogP contribution in [0.15, 0.2) is 34.5 Å². The number of alkyl halides is 3. The minimum Gasteiger partial charge on any atom is -0.297 e. The van der Waals surface area contributed by atoms with Crippen LogP contribution in [0.4, 0.5) is 13.2 Å². The summed E-state index contributed by atoms with van der Waals surface area (Å²) in [7, 11) is -4.13. The molecule has 0 radical (unpaired) electrons. The normalized spacial score (nSPS) is 15.8. The minimum atomic E-state index is -4.64. The third-order valence-corrected chi connectivity index (χ3v) is 7.12. The molecule has 0 fully saturated rings. The standard InChI is InChI=1S/C16H16ClF3N2O2S2/c17-13-2-1-12(16(18,19)20)9-15(13)26(23,24)21-5-7-22-6-3-14-11(10-22)4-8-25-14/h1-2,4,8-9,21H,3,5-7,10H2. The largest absolute Gasteiger partial charge is 0.416 e. The second kappa shape index (κ2) is 7.47. The fourth-order valence-corrected chi connectivity index (χ4v) is 5.23. The quantitative estimate of drug-likeness (QED) is 0.795. The van der Waals surface area contributed by atoms with Gasteiger partial charge < -0.3 is 0 Å². The SMILES string of the molecule is O=S(=O)(NCCN1CCc2sccc2C1)c1cc(C(F)(F)F)ccc1Cl. The molecule has 1 aliphatic rings. The number of halogens is 4. The zero-order chi connectivity index (χ0) is 18.9. The van der Waals surface area contributed by atoms with E-state index in [-0.39, 0.29) is 11.6 Å². The molecule has 0 spiro atoms. The fraction of sp³-hybridized carbons (Fsp3) is 0.375. The van der Waals surface area contributed by atoms with Crippen LogP contribution in [0.3, 0.4) is 0 Å². The van der Waals surface area contributed by atoms with Crippen LogP contribution in [0, 0.1) is 0 Å². The van der Waals surface area contributed by atoms with Crippen molar-refractivity contribution >= 4 is 33.0 Å². The molecule has 1 aliphatic heterocycles. The van der Waals surface area contributed by atoms with Crippen LogP contribution in [0.5, 0.6) is 0 Å². The topological polar surface area (TPSA) is 49.4 Å². The molecular formula is C16H16ClF3N2O2S2. The molecule has 0 bridgehead atoms. The number of rotatable bonds is 5. The first-order chi connectivity index (χ1) is 12.2. The molecule has 2 heterocycles. The van der Waals surface area contributed by atoms with Gasteiger partial charge in [-0.2, -0.15) is 13.2 Å². The van der Waals surface area contributed by atoms with Crippen LogP contribution in [-0.4, -0.2) is 33.0 Å². The molecule has 0 aliphatic carbocycles. The minimum absolute atomic E-state index is 0.0916. The summed E-state index contributed by atoms with van der Waals surface area (Å²) in [6.07, 6.45) is -3.72. The second-order valence-electron chi connectivity index (χ2n) is 5.94. The second-order valence-corrected chi connectivity index (χ2v) is 9.08. The Morgan fingerprint density at radius 1 is 1.27 bits per heavy atom. The molecule has 0 saturated carbocycles. The molecule has 142 valence electrons. The van der Waals surface area contributed by atoms with Gasteiger partial charge in [0, 0.05) is 31.1 Å². The maximum absolute atomic E-state index is 12.8. The predicted octanol–water partition coefficient (Wildman–Crippen LogP) is 3.76. The van der Waals surface area contributed by atoms with Crippen molar-refractivity contribution in [3.05, 3.63) is 50.7 Å². The van der Waals surface area contributed by atoms with E-state index < -0.39 is 26.7 Å². The van der Waals surface area contributed by atoms with Gasteiger partial charge in [0.1, 0.15) is 4.90 Å². The molecule has 1 aromatic carbocycles. The number of hydrogen-bond acceptors (Lipinski definition) is 4. The van der Waals surface area contributed by atoms with E-state index in [1.54, 1.807) is 11.3 Å². The zero-order valence-electron chi connectivity index (χ0n) is 13.5. The Morgan fingerprint density at radius 3 is 2.77 bits per heavy atom. The molecule has 0 atom stereocenters. The summed E-state index contributed by atoms with van der Waals surface area (Å²) in [5, 5.41) is 1.79. The maximum atomic E-state index is 12.8. The van der Waals surface area contributed by atoms with Crippen LogP contribution in [-0.2, 0) is 29.2 Å². The lowest BCUT2D eigenvalue weighted by Gasteiger charge is -2.26. The van der Waals surface area contributed by atoms with Crippen molar-refractivity contribution in [2.24, 2.45) is 0 Å². The first-order valence-electron chi connectivity index (χ1n) is 7.81. The van der Waals surface area contributed by atoms with Crippen molar-refractivity contribution in [2.75, 3.05) is 19.6 Å². The Hall–Kier alpha value is -1.13. The number of nitrogens with zero attached hydrogens (tertiary/aromatic N) is 1. The molecule has 26 heavy (non-hydrogen) atoms. The average molecular weight is 425 g/mol. The highest BCUT2D eigenvalue weighted by Crippen LogP contribution is 2.33. The molecular weight excluding hydrogens is 409 g/mol. The Kier molecular flexibility index (Phi) is 5.64. The summed E-state index contributed by atoms with van der Waals surface area (Å²) >= 11 is 7.52. The van der Waals surface area contributed by atoms with Crippen LogP contribution in [0.25, 0.3) is 0 Å². The van der Waals surface area contributed by atoms with Gasteiger partial charge in [-0.05, 0) is 41.6 Å². The molecule has 0 saturated heterocycles. The highest BCUT2D eigenvalue weighted by atomic mass is 35.5. The van der Waals surface area contributed by atoms with E-state index in [0.717, 1.165) is 31.6 Å². The van der Waals surface area contributed by atoms with E-state index in [4.69, 9.17) is 11.6 Å². The highest BCUT2D eigenvalue weighted by Gasteiger charge is 2.32. The summed E-state index contributed by atoms with van der Waals surface area (Å²) in [5.74, 6) is 0. The average Bonchev–Trinajstić information content (AvgIpc) is 3.01. The van der Waals surface area contributed by atoms with Crippen molar-refractivity contribution in [1.29, 1.82) is 0 Å². The third kappa shape index (κ3) is 4.40. The molecule has 1 aromatic heterocycles. The van der Waals surface area contributed by atoms with Gasteiger partial charge in [0.25, 0.3) is 0 Å². The lowest BCUT2D eigenvalue weighted by atomic mass is 10.1. The van der Waals surface area contributed by atoms with Gasteiger partial charge in [-0.15, -0.1) is 11.3 Å². The summed E-state index contributed by atoms with van der Waals surface area (Å²) in [5.41, 5.74) is 0.188. The highest BCUT2D eigenvalue weighted by molar-refractivity contribution is 7.89. The Morgan fingerprint density at radius 2 is 2.04 bits per heavy atom. The van der Waals surface area contributed by atoms with Gasteiger partial charge in [0.05, 0.1) is 10.6 Å². The van der Waals surface area contributed by atoms with Crippen LogP contribution >= 0.6 is 22.9 Å². The first kappa shape index (κ1) is 19.6. The molecule has 1 N–H and O–H groups in total. The Labute approximate surface area is 158 Å². The fourth-order valence-electron chi connectivity index (χ4n) is 2.80. The van der Waals surface area contributed by atoms with Crippen molar-refractivity contribution in [1.82, 2.24) is 9.62 Å². The predicted molar refractivity (Wildman–Crippen MR) is 94.9 cm³/mol. The third-order valence-electron chi connectivity index (χ3n) is 4.15. The van der Waals surface area contributed by atoms with E-state index in [2.05, 4.69) is 15.7 Å². The lowest BCUT2D eigenvalue weighted by molar-refractivity contribution is -0.137. The number of thiophene rings is 1. The number of hydrogen-bond donors (Lipinski definition) is 1. The maximum Gasteiger partial charge on any atom is 0.416 e. The Bertz CT molecular complexity index is 897. The molecule has 10 heteroatoms. The van der Waals surface area contributed by atoms with Crippen molar-refractivity contribution < 1.29 is 21.6 Å². The van der Waals surface area contributed by atoms with E-state index in [0.29, 0.717) is 12.6 Å². The summed E-state index contributed by atoms with van der Waals surface area (Å²) < 4.78 is 65.5. The van der Waals surface area contributed by atoms with Gasteiger partial charge >= 0.3 is 6.18 Å². The Balaban J connectivity index is 1.65. The van der Waals surface area contributed by atoms with Gasteiger partial charge in [0.15, 0.2) is 0 Å². The van der Waals surface area contributed by atoms with Crippen LogP contribution in [0.2, 0.25) is 5.02 Å². The van der Waals surface area contributed by atoms with Crippen molar-refractivity contribution in [3.63, 3.8) is 0 Å². The molecule has 0 unspecified atom stereocenters. The van der Waals surface area contributed by atoms with E-state index in [1.807, 2.05) is 5.38 Å². The summed E-state index contributed by atoms with van der Waals surface area (Å²) in [6.45, 7) is 2.11. The van der Waals surface area contributed by atoms with Gasteiger partial charge in [-0.3, -0.25) is 4.90 Å². The molecule has 2 aromatic rings. The van der Waals surface area contributed by atoms with Gasteiger partial charge in [-0.25, -0.2) is 13.1 Å². The monoisotopic (exact) mass is 424 g/mol. The van der Waals surface area contributed by atoms with Crippen molar-refractivity contribution in [3.8, 4) is 0 Å². The summed E-state index contributed by atoms with van der Waals surface area (Å²) in [4.78, 5) is 2.89. The smallest absolute Gasteiger partial charge is 0.297 e. The first-order valence-corrected chi connectivity index (χ1v) is 10.5. The van der Waals surface area contributed by atoms with Gasteiger partial charge in [-0.1, -0.05) is 11.6 Å². The van der Waals surface area contributed by atoms with Gasteiger partial charge in [0.2, 0.25) is 10.0 Å². The van der Waals surface area contributed by atoms with Crippen LogP contribution < -0.4 is 4.72 Å². The number of benzene rings is 1. The van der Waals surface area contributed by atoms with E-state index in [9.17, 15) is 21.6 Å². The number of fused-ring (bicyclic) bond motifs is 1. The van der Waals surface area contributed by atoms with E-state index in [1.165, 1.54) is 10.4 Å². The van der Waals surface area contributed by atoms with E-state index >= 15 is 0 Å². The summed E-state index contributed by atoms with van der Waals surface area (Å²) in [6, 6.07) is 4.32. The van der Waals surface area contributed by atoms with Crippen molar-refractivity contribution in [2.45, 2.75) is 24.0 Å². The molecule has 4 nitrogen and oxygen atoms in total. The zero-order valence-corrected chi connectivity index (χ0v) is 15.9. The number of sulfonamides is 1. The lowest BCUT2D eigenvalue weighted by Crippen LogP contribution is -2.37. The number of nitrogens with one attached hydrogen (secondary N) is 1.